The molecule has 4 nitrogen and oxygen atoms in total. The molecule has 0 spiro atoms. The molecule has 70 valence electrons. The molecule has 1 atom stereocenters. The van der Waals surface area contributed by atoms with Crippen LogP contribution >= 0.6 is 0 Å². The Morgan fingerprint density at radius 2 is 2.25 bits per heavy atom. The summed E-state index contributed by atoms with van der Waals surface area (Å²) in [6.07, 6.45) is 2.69. The Bertz CT molecular complexity index is 178. The van der Waals surface area contributed by atoms with E-state index in [1.165, 1.54) is 0 Å². The lowest BCUT2D eigenvalue weighted by Crippen LogP contribution is -2.34. The number of hydrogen-bond acceptors (Lipinski definition) is 3. The van der Waals surface area contributed by atoms with Crippen LogP contribution in [0, 0.1) is 10.1 Å². The standard InChI is InChI=1S/C8H16N2O2/c1-4-6-7(3)9-8(5-2)10(11)12/h6,8-9H,4-5H2,1-3H3/b7-6-. The molecule has 4 heteroatoms. The Kier molecular flexibility index (Phi) is 5.08. The van der Waals surface area contributed by atoms with Crippen LogP contribution in [0.25, 0.3) is 0 Å². The molecule has 0 aliphatic rings. The highest BCUT2D eigenvalue weighted by atomic mass is 16.6. The second-order valence-corrected chi connectivity index (χ2v) is 2.65. The Morgan fingerprint density at radius 3 is 2.58 bits per heavy atom. The monoisotopic (exact) mass is 172 g/mol. The number of nitro groups is 1. The summed E-state index contributed by atoms with van der Waals surface area (Å²) in [4.78, 5) is 10.1. The van der Waals surface area contributed by atoms with Gasteiger partial charge in [0.15, 0.2) is 0 Å². The zero-order valence-electron chi connectivity index (χ0n) is 7.83. The molecule has 1 N–H and O–H groups in total. The van der Waals surface area contributed by atoms with Crippen LogP contribution in [-0.2, 0) is 0 Å². The average Bonchev–Trinajstić information content (AvgIpc) is 2.00. The molecule has 0 aliphatic heterocycles. The average molecular weight is 172 g/mol. The Hall–Kier alpha value is -1.06. The van der Waals surface area contributed by atoms with Gasteiger partial charge in [0.2, 0.25) is 0 Å². The lowest BCUT2D eigenvalue weighted by atomic mass is 10.3. The first kappa shape index (κ1) is 10.9. The molecule has 0 rings (SSSR count). The zero-order valence-corrected chi connectivity index (χ0v) is 7.83. The van der Waals surface area contributed by atoms with Gasteiger partial charge in [0, 0.05) is 17.0 Å². The number of hydrogen-bond donors (Lipinski definition) is 1. The van der Waals surface area contributed by atoms with Gasteiger partial charge in [-0.2, -0.15) is 0 Å². The van der Waals surface area contributed by atoms with Gasteiger partial charge in [0.1, 0.15) is 0 Å². The van der Waals surface area contributed by atoms with Crippen molar-refractivity contribution < 1.29 is 4.92 Å². The van der Waals surface area contributed by atoms with E-state index in [1.54, 1.807) is 6.92 Å². The maximum Gasteiger partial charge on any atom is 0.284 e. The molecule has 0 saturated heterocycles. The van der Waals surface area contributed by atoms with Gasteiger partial charge < -0.3 is 5.32 Å². The first-order valence-corrected chi connectivity index (χ1v) is 4.18. The molecule has 0 fully saturated rings. The van der Waals surface area contributed by atoms with Crippen molar-refractivity contribution in [2.45, 2.75) is 39.8 Å². The topological polar surface area (TPSA) is 55.2 Å². The maximum atomic E-state index is 10.4. The molecule has 0 aliphatic carbocycles. The molecule has 0 saturated carbocycles. The lowest BCUT2D eigenvalue weighted by Gasteiger charge is -2.10. The number of rotatable bonds is 5. The summed E-state index contributed by atoms with van der Waals surface area (Å²) in [5.74, 6) is 0. The Morgan fingerprint density at radius 1 is 1.67 bits per heavy atom. The van der Waals surface area contributed by atoms with Crippen molar-refractivity contribution in [3.05, 3.63) is 21.9 Å². The largest absolute Gasteiger partial charge is 0.328 e. The first-order valence-electron chi connectivity index (χ1n) is 4.18. The van der Waals surface area contributed by atoms with Gasteiger partial charge >= 0.3 is 0 Å². The van der Waals surface area contributed by atoms with Crippen LogP contribution in [0.4, 0.5) is 0 Å². The second-order valence-electron chi connectivity index (χ2n) is 2.65. The fraction of sp³-hybridized carbons (Fsp3) is 0.750. The van der Waals surface area contributed by atoms with E-state index in [2.05, 4.69) is 5.32 Å². The van der Waals surface area contributed by atoms with Crippen molar-refractivity contribution in [2.75, 3.05) is 0 Å². The van der Waals surface area contributed by atoms with Crippen LogP contribution in [0.5, 0.6) is 0 Å². The normalized spacial score (nSPS) is 14.1. The lowest BCUT2D eigenvalue weighted by molar-refractivity contribution is -0.528. The number of allylic oxidation sites excluding steroid dienone is 2. The minimum absolute atomic E-state index is 0.299. The first-order chi connectivity index (χ1) is 5.61. The minimum Gasteiger partial charge on any atom is -0.328 e. The minimum atomic E-state index is -0.646. The van der Waals surface area contributed by atoms with Crippen LogP contribution < -0.4 is 5.32 Å². The number of nitrogens with zero attached hydrogens (tertiary/aromatic N) is 1. The van der Waals surface area contributed by atoms with Crippen LogP contribution in [0.2, 0.25) is 0 Å². The molecule has 0 aromatic carbocycles. The van der Waals surface area contributed by atoms with Crippen molar-refractivity contribution in [3.8, 4) is 0 Å². The van der Waals surface area contributed by atoms with E-state index in [0.29, 0.717) is 6.42 Å². The molecule has 0 radical (unpaired) electrons. The molecular formula is C8H16N2O2. The predicted molar refractivity (Wildman–Crippen MR) is 48.3 cm³/mol. The van der Waals surface area contributed by atoms with Gasteiger partial charge in [-0.3, -0.25) is 10.1 Å². The molecule has 12 heavy (non-hydrogen) atoms. The van der Waals surface area contributed by atoms with Crippen LogP contribution in [0.3, 0.4) is 0 Å². The fourth-order valence-electron chi connectivity index (χ4n) is 0.932. The highest BCUT2D eigenvalue weighted by Crippen LogP contribution is 1.97. The van der Waals surface area contributed by atoms with E-state index in [0.717, 1.165) is 12.1 Å². The smallest absolute Gasteiger partial charge is 0.284 e. The van der Waals surface area contributed by atoms with Gasteiger partial charge in [-0.25, -0.2) is 0 Å². The van der Waals surface area contributed by atoms with Crippen molar-refractivity contribution in [2.24, 2.45) is 0 Å². The molecule has 0 heterocycles. The Balaban J connectivity index is 4.02. The van der Waals surface area contributed by atoms with Gasteiger partial charge in [0.25, 0.3) is 6.17 Å². The van der Waals surface area contributed by atoms with E-state index >= 15 is 0 Å². The molecular weight excluding hydrogens is 156 g/mol. The van der Waals surface area contributed by atoms with E-state index in [9.17, 15) is 10.1 Å². The van der Waals surface area contributed by atoms with E-state index < -0.39 is 6.17 Å². The summed E-state index contributed by atoms with van der Waals surface area (Å²) in [7, 11) is 0. The Labute approximate surface area is 72.8 Å². The summed E-state index contributed by atoms with van der Waals surface area (Å²) < 4.78 is 0. The van der Waals surface area contributed by atoms with Crippen molar-refractivity contribution in [1.82, 2.24) is 5.32 Å². The SMILES string of the molecule is CC/C=C(/C)NC(CC)[N+](=O)[O-]. The fourth-order valence-corrected chi connectivity index (χ4v) is 0.932. The molecule has 1 unspecified atom stereocenters. The van der Waals surface area contributed by atoms with Crippen molar-refractivity contribution in [1.29, 1.82) is 0 Å². The van der Waals surface area contributed by atoms with E-state index in [-0.39, 0.29) is 4.92 Å². The quantitative estimate of drug-likeness (QED) is 0.391. The summed E-state index contributed by atoms with van der Waals surface area (Å²) in [5.41, 5.74) is 0.876. The highest BCUT2D eigenvalue weighted by molar-refractivity contribution is 4.94. The summed E-state index contributed by atoms with van der Waals surface area (Å²) in [5, 5.41) is 13.2. The van der Waals surface area contributed by atoms with Crippen molar-refractivity contribution in [3.63, 3.8) is 0 Å². The molecule has 0 aromatic heterocycles. The van der Waals surface area contributed by atoms with E-state index in [1.807, 2.05) is 19.9 Å². The van der Waals surface area contributed by atoms with Gasteiger partial charge in [-0.1, -0.05) is 19.9 Å². The third kappa shape index (κ3) is 3.95. The summed E-state index contributed by atoms with van der Waals surface area (Å²) in [6.45, 7) is 5.63. The second kappa shape index (κ2) is 5.57. The molecule has 0 amide bonds. The van der Waals surface area contributed by atoms with Crippen molar-refractivity contribution >= 4 is 0 Å². The third-order valence-corrected chi connectivity index (χ3v) is 1.55. The zero-order chi connectivity index (χ0) is 9.56. The summed E-state index contributed by atoms with van der Waals surface area (Å²) >= 11 is 0. The van der Waals surface area contributed by atoms with Gasteiger partial charge in [-0.15, -0.1) is 0 Å². The molecule has 0 aromatic rings. The van der Waals surface area contributed by atoms with Gasteiger partial charge in [0.05, 0.1) is 0 Å². The van der Waals surface area contributed by atoms with Crippen LogP contribution in [0.1, 0.15) is 33.6 Å². The van der Waals surface area contributed by atoms with Gasteiger partial charge in [-0.05, 0) is 13.3 Å². The van der Waals surface area contributed by atoms with E-state index in [4.69, 9.17) is 0 Å². The number of nitrogens with one attached hydrogen (secondary N) is 1. The highest BCUT2D eigenvalue weighted by Gasteiger charge is 2.15. The maximum absolute atomic E-state index is 10.4. The third-order valence-electron chi connectivity index (χ3n) is 1.55. The molecule has 0 bridgehead atoms. The van der Waals surface area contributed by atoms with Crippen LogP contribution in [-0.4, -0.2) is 11.1 Å². The predicted octanol–water partition coefficient (Wildman–Crippen LogP) is 1.90. The van der Waals surface area contributed by atoms with Crippen LogP contribution in [0.15, 0.2) is 11.8 Å². The summed E-state index contributed by atoms with van der Waals surface area (Å²) in [6, 6.07) is 0.